The van der Waals surface area contributed by atoms with Crippen LogP contribution >= 0.6 is 0 Å². The molecule has 1 fully saturated rings. The van der Waals surface area contributed by atoms with Gasteiger partial charge in [-0.15, -0.1) is 0 Å². The lowest BCUT2D eigenvalue weighted by Crippen LogP contribution is -2.54. The number of rotatable bonds is 1. The van der Waals surface area contributed by atoms with Crippen LogP contribution in [0.1, 0.15) is 6.92 Å². The summed E-state index contributed by atoms with van der Waals surface area (Å²) >= 11 is 0. The monoisotopic (exact) mass is 192 g/mol. The molecule has 0 radical (unpaired) electrons. The zero-order chi connectivity index (χ0) is 10.0. The van der Waals surface area contributed by atoms with Crippen molar-refractivity contribution in [3.8, 4) is 0 Å². The summed E-state index contributed by atoms with van der Waals surface area (Å²) in [5.41, 5.74) is 0. The molecule has 3 N–H and O–H groups in total. The zero-order valence-corrected chi connectivity index (χ0v) is 7.08. The van der Waals surface area contributed by atoms with Gasteiger partial charge in [-0.25, -0.2) is 0 Å². The molecule has 1 heterocycles. The first-order chi connectivity index (χ1) is 6.02. The molecule has 0 aromatic carbocycles. The maximum absolute atomic E-state index is 10.5. The van der Waals surface area contributed by atoms with E-state index in [1.807, 2.05) is 0 Å². The first kappa shape index (κ1) is 10.4. The summed E-state index contributed by atoms with van der Waals surface area (Å²) in [7, 11) is 0. The van der Waals surface area contributed by atoms with Gasteiger partial charge in [0.1, 0.15) is 18.3 Å². The van der Waals surface area contributed by atoms with Crippen LogP contribution in [0.5, 0.6) is 0 Å². The van der Waals surface area contributed by atoms with Crippen molar-refractivity contribution < 1.29 is 29.6 Å². The number of hydrogen-bond donors (Lipinski definition) is 3. The minimum Gasteiger partial charge on any atom is -0.433 e. The molecule has 0 unspecified atom stereocenters. The van der Waals surface area contributed by atoms with Crippen molar-refractivity contribution in [2.24, 2.45) is 0 Å². The van der Waals surface area contributed by atoms with Crippen LogP contribution in [0.15, 0.2) is 0 Å². The van der Waals surface area contributed by atoms with Gasteiger partial charge in [-0.3, -0.25) is 4.79 Å². The van der Waals surface area contributed by atoms with Crippen LogP contribution in [-0.4, -0.2) is 52.5 Å². The van der Waals surface area contributed by atoms with Gasteiger partial charge < -0.3 is 24.8 Å². The molecule has 1 saturated heterocycles. The molecule has 76 valence electrons. The second-order valence-electron chi connectivity index (χ2n) is 2.86. The molecule has 13 heavy (non-hydrogen) atoms. The molecule has 0 spiro atoms. The highest BCUT2D eigenvalue weighted by atomic mass is 16.7. The Bertz CT molecular complexity index is 193. The Labute approximate surface area is 74.7 Å². The van der Waals surface area contributed by atoms with E-state index in [-0.39, 0.29) is 6.61 Å². The van der Waals surface area contributed by atoms with Gasteiger partial charge in [0.15, 0.2) is 0 Å². The van der Waals surface area contributed by atoms with E-state index < -0.39 is 30.6 Å². The van der Waals surface area contributed by atoms with E-state index in [1.54, 1.807) is 0 Å². The maximum Gasteiger partial charge on any atom is 0.305 e. The van der Waals surface area contributed by atoms with Gasteiger partial charge in [0.05, 0.1) is 6.61 Å². The summed E-state index contributed by atoms with van der Waals surface area (Å²) in [6.45, 7) is 0.990. The molecule has 0 bridgehead atoms. The van der Waals surface area contributed by atoms with E-state index in [4.69, 9.17) is 14.9 Å². The lowest BCUT2D eigenvalue weighted by molar-refractivity contribution is -0.261. The predicted molar refractivity (Wildman–Crippen MR) is 39.5 cm³/mol. The van der Waals surface area contributed by atoms with Crippen LogP contribution < -0.4 is 0 Å². The molecule has 1 rings (SSSR count). The molecule has 6 nitrogen and oxygen atoms in total. The Morgan fingerprint density at radius 1 is 1.38 bits per heavy atom. The average molecular weight is 192 g/mol. The third-order valence-corrected chi connectivity index (χ3v) is 1.74. The number of carbonyl (C=O) groups excluding carboxylic acids is 1. The van der Waals surface area contributed by atoms with Gasteiger partial charge in [0.2, 0.25) is 6.29 Å². The summed E-state index contributed by atoms with van der Waals surface area (Å²) in [5, 5.41) is 27.4. The van der Waals surface area contributed by atoms with Gasteiger partial charge in [-0.1, -0.05) is 0 Å². The Hall–Kier alpha value is -0.690. The van der Waals surface area contributed by atoms with Gasteiger partial charge >= 0.3 is 5.97 Å². The first-order valence-corrected chi connectivity index (χ1v) is 3.85. The number of aliphatic hydroxyl groups excluding tert-OH is 3. The van der Waals surface area contributed by atoms with Gasteiger partial charge in [-0.2, -0.15) is 0 Å². The second kappa shape index (κ2) is 4.01. The number of hydrogen-bond acceptors (Lipinski definition) is 6. The van der Waals surface area contributed by atoms with Crippen LogP contribution in [-0.2, 0) is 14.3 Å². The highest BCUT2D eigenvalue weighted by molar-refractivity contribution is 5.66. The normalized spacial score (nSPS) is 40.0. The summed E-state index contributed by atoms with van der Waals surface area (Å²) in [4.78, 5) is 10.5. The van der Waals surface area contributed by atoms with Crippen molar-refractivity contribution in [3.63, 3.8) is 0 Å². The molecule has 0 aliphatic carbocycles. The average Bonchev–Trinajstić information content (AvgIpc) is 2.06. The van der Waals surface area contributed by atoms with E-state index in [2.05, 4.69) is 4.74 Å². The topological polar surface area (TPSA) is 96.2 Å². The molecule has 0 saturated carbocycles. The van der Waals surface area contributed by atoms with Crippen molar-refractivity contribution in [1.29, 1.82) is 0 Å². The largest absolute Gasteiger partial charge is 0.433 e. The van der Waals surface area contributed by atoms with Crippen LogP contribution in [0, 0.1) is 0 Å². The van der Waals surface area contributed by atoms with Crippen molar-refractivity contribution in [3.05, 3.63) is 0 Å². The number of esters is 1. The summed E-state index contributed by atoms with van der Waals surface area (Å²) < 4.78 is 9.32. The van der Waals surface area contributed by atoms with E-state index >= 15 is 0 Å². The number of ether oxygens (including phenoxy) is 2. The molecule has 0 aromatic rings. The van der Waals surface area contributed by atoms with Crippen molar-refractivity contribution in [2.75, 3.05) is 6.61 Å². The Morgan fingerprint density at radius 2 is 2.00 bits per heavy atom. The fraction of sp³-hybridized carbons (Fsp3) is 0.857. The van der Waals surface area contributed by atoms with Gasteiger partial charge in [-0.05, 0) is 0 Å². The molecule has 6 heteroatoms. The Balaban J connectivity index is 2.53. The maximum atomic E-state index is 10.5. The van der Waals surface area contributed by atoms with E-state index in [9.17, 15) is 9.90 Å². The van der Waals surface area contributed by atoms with E-state index in [0.717, 1.165) is 6.92 Å². The molecule has 1 aliphatic rings. The third-order valence-electron chi connectivity index (χ3n) is 1.74. The Morgan fingerprint density at radius 3 is 2.54 bits per heavy atom. The standard InChI is InChI=1S/C7H12O6/c1-3(8)13-7-6(11)5(10)4(9)2-12-7/h4-7,9-11H,2H2,1H3/t4-,5+,6+,7+/m1/s1. The fourth-order valence-electron chi connectivity index (χ4n) is 1.05. The number of carbonyl (C=O) groups is 1. The summed E-state index contributed by atoms with van der Waals surface area (Å²) in [6.07, 6.45) is -5.11. The van der Waals surface area contributed by atoms with Crippen LogP contribution in [0.4, 0.5) is 0 Å². The summed E-state index contributed by atoms with van der Waals surface area (Å²) in [6, 6.07) is 0. The quantitative estimate of drug-likeness (QED) is 0.415. The second-order valence-corrected chi connectivity index (χ2v) is 2.86. The SMILES string of the molecule is CC(=O)O[C@@H]1OC[C@@H](O)[C@H](O)[C@@H]1O. The van der Waals surface area contributed by atoms with Crippen molar-refractivity contribution in [1.82, 2.24) is 0 Å². The zero-order valence-electron chi connectivity index (χ0n) is 7.08. The van der Waals surface area contributed by atoms with Gasteiger partial charge in [0.25, 0.3) is 0 Å². The van der Waals surface area contributed by atoms with Gasteiger partial charge in [0, 0.05) is 6.92 Å². The molecular formula is C7H12O6. The molecule has 0 aromatic heterocycles. The first-order valence-electron chi connectivity index (χ1n) is 3.85. The molecule has 1 aliphatic heterocycles. The Kier molecular flexibility index (Phi) is 3.21. The highest BCUT2D eigenvalue weighted by Crippen LogP contribution is 2.16. The minimum absolute atomic E-state index is 0.170. The fourth-order valence-corrected chi connectivity index (χ4v) is 1.05. The van der Waals surface area contributed by atoms with Crippen molar-refractivity contribution >= 4 is 5.97 Å². The smallest absolute Gasteiger partial charge is 0.305 e. The summed E-state index contributed by atoms with van der Waals surface area (Å²) in [5.74, 6) is -0.618. The lowest BCUT2D eigenvalue weighted by Gasteiger charge is -2.34. The molecular weight excluding hydrogens is 180 g/mol. The van der Waals surface area contributed by atoms with E-state index in [1.165, 1.54) is 0 Å². The number of aliphatic hydroxyl groups is 3. The molecule has 0 amide bonds. The van der Waals surface area contributed by atoms with Crippen LogP contribution in [0.2, 0.25) is 0 Å². The lowest BCUT2D eigenvalue weighted by atomic mass is 10.1. The highest BCUT2D eigenvalue weighted by Gasteiger charge is 2.39. The third kappa shape index (κ3) is 2.38. The van der Waals surface area contributed by atoms with Crippen LogP contribution in [0.25, 0.3) is 0 Å². The van der Waals surface area contributed by atoms with E-state index in [0.29, 0.717) is 0 Å². The minimum atomic E-state index is -1.41. The predicted octanol–water partition coefficient (Wildman–Crippen LogP) is -2.01. The van der Waals surface area contributed by atoms with Crippen LogP contribution in [0.3, 0.4) is 0 Å². The van der Waals surface area contributed by atoms with Crippen molar-refractivity contribution in [2.45, 2.75) is 31.5 Å². The molecule has 4 atom stereocenters.